The highest BCUT2D eigenvalue weighted by molar-refractivity contribution is 7.99. The van der Waals surface area contributed by atoms with E-state index in [2.05, 4.69) is 10.1 Å². The Kier molecular flexibility index (Phi) is 10.4. The number of rotatable bonds is 12. The van der Waals surface area contributed by atoms with Crippen LogP contribution in [0.15, 0.2) is 102 Å². The number of amides is 1. The third-order valence-electron chi connectivity index (χ3n) is 7.33. The molecule has 1 N–H and O–H groups in total. The van der Waals surface area contributed by atoms with Crippen molar-refractivity contribution in [3.05, 3.63) is 125 Å². The van der Waals surface area contributed by atoms with Gasteiger partial charge in [-0.15, -0.1) is 11.8 Å². The van der Waals surface area contributed by atoms with Crippen LogP contribution in [0.25, 0.3) is 11.1 Å². The van der Waals surface area contributed by atoms with Crippen LogP contribution in [-0.4, -0.2) is 61.4 Å². The summed E-state index contributed by atoms with van der Waals surface area (Å²) in [6.45, 7) is -0.669. The topological polar surface area (TPSA) is 91.0 Å². The number of alkyl halides is 3. The number of aliphatic imine (C=N–C) groups is 1. The lowest BCUT2D eigenvalue weighted by atomic mass is 10.0. The Morgan fingerprint density at radius 2 is 1.57 bits per heavy atom. The van der Waals surface area contributed by atoms with Crippen molar-refractivity contribution in [3.8, 4) is 11.1 Å². The van der Waals surface area contributed by atoms with Crippen molar-refractivity contribution in [3.63, 3.8) is 0 Å². The first kappa shape index (κ1) is 33.5. The quantitative estimate of drug-likeness (QED) is 0.177. The summed E-state index contributed by atoms with van der Waals surface area (Å²) in [5, 5.41) is 13.8. The lowest BCUT2D eigenvalue weighted by molar-refractivity contribution is -0.145. The molecule has 0 radical (unpaired) electrons. The van der Waals surface area contributed by atoms with Gasteiger partial charge < -0.3 is 14.9 Å². The maximum Gasteiger partial charge on any atom is 0.416 e. The van der Waals surface area contributed by atoms with Crippen LogP contribution in [0.1, 0.15) is 22.3 Å². The molecule has 47 heavy (non-hydrogen) atoms. The maximum atomic E-state index is 13.7. The second-order valence-corrected chi connectivity index (χ2v) is 12.1. The highest BCUT2D eigenvalue weighted by Crippen LogP contribution is 2.31. The lowest BCUT2D eigenvalue weighted by Crippen LogP contribution is -2.43. The van der Waals surface area contributed by atoms with Crippen molar-refractivity contribution in [2.75, 3.05) is 13.1 Å². The Balaban J connectivity index is 1.30. The minimum absolute atomic E-state index is 0.00911. The van der Waals surface area contributed by atoms with Gasteiger partial charge in [-0.3, -0.25) is 19.3 Å². The van der Waals surface area contributed by atoms with Crippen LogP contribution >= 0.6 is 11.8 Å². The Morgan fingerprint density at radius 1 is 0.936 bits per heavy atom. The molecule has 0 spiro atoms. The molecule has 1 aliphatic rings. The summed E-state index contributed by atoms with van der Waals surface area (Å²) in [4.78, 5) is 33.1. The summed E-state index contributed by atoms with van der Waals surface area (Å²) < 4.78 is 53.9. The van der Waals surface area contributed by atoms with Gasteiger partial charge in [0.2, 0.25) is 5.91 Å². The molecule has 0 bridgehead atoms. The van der Waals surface area contributed by atoms with Gasteiger partial charge in [-0.2, -0.15) is 18.3 Å². The predicted molar refractivity (Wildman–Crippen MR) is 172 cm³/mol. The highest BCUT2D eigenvalue weighted by atomic mass is 32.2. The van der Waals surface area contributed by atoms with E-state index in [-0.39, 0.29) is 18.9 Å². The number of aromatic nitrogens is 2. The van der Waals surface area contributed by atoms with Gasteiger partial charge in [-0.1, -0.05) is 48.5 Å². The molecule has 0 fully saturated rings. The number of halogens is 4. The van der Waals surface area contributed by atoms with Gasteiger partial charge in [0.1, 0.15) is 12.4 Å². The first-order chi connectivity index (χ1) is 22.4. The van der Waals surface area contributed by atoms with Crippen molar-refractivity contribution in [1.82, 2.24) is 19.6 Å². The molecular weight excluding hydrogens is 634 g/mol. The van der Waals surface area contributed by atoms with E-state index < -0.39 is 35.7 Å². The van der Waals surface area contributed by atoms with Crippen LogP contribution in [0.3, 0.4) is 0 Å². The van der Waals surface area contributed by atoms with Gasteiger partial charge in [0.25, 0.3) is 0 Å². The Morgan fingerprint density at radius 3 is 2.17 bits per heavy atom. The van der Waals surface area contributed by atoms with Crippen molar-refractivity contribution >= 4 is 29.9 Å². The monoisotopic (exact) mass is 665 g/mol. The lowest BCUT2D eigenvalue weighted by Gasteiger charge is -2.32. The summed E-state index contributed by atoms with van der Waals surface area (Å²) >= 11 is 1.45. The minimum Gasteiger partial charge on any atom is -0.480 e. The third kappa shape index (κ3) is 9.32. The average Bonchev–Trinajstić information content (AvgIpc) is 3.45. The number of thioether (sulfide) groups is 1. The van der Waals surface area contributed by atoms with Crippen molar-refractivity contribution < 1.29 is 32.3 Å². The number of hydrogen-bond acceptors (Lipinski definition) is 6. The molecule has 3 aromatic carbocycles. The molecule has 0 aliphatic carbocycles. The van der Waals surface area contributed by atoms with E-state index in [4.69, 9.17) is 0 Å². The van der Waals surface area contributed by atoms with E-state index in [1.807, 2.05) is 19.4 Å². The molecule has 1 unspecified atom stereocenters. The zero-order valence-electron chi connectivity index (χ0n) is 25.3. The average molecular weight is 666 g/mol. The van der Waals surface area contributed by atoms with Gasteiger partial charge in [0.15, 0.2) is 5.50 Å². The molecule has 13 heteroatoms. The Bertz CT molecular complexity index is 1750. The Labute approximate surface area is 273 Å². The van der Waals surface area contributed by atoms with Gasteiger partial charge in [0.05, 0.1) is 18.3 Å². The zero-order chi connectivity index (χ0) is 33.6. The molecule has 5 rings (SSSR count). The van der Waals surface area contributed by atoms with Crippen molar-refractivity contribution in [2.45, 2.75) is 30.4 Å². The fourth-order valence-electron chi connectivity index (χ4n) is 4.99. The number of aryl methyl sites for hydroxylation is 1. The third-order valence-corrected chi connectivity index (χ3v) is 8.52. The van der Waals surface area contributed by atoms with Crippen LogP contribution in [0.4, 0.5) is 17.6 Å². The fourth-order valence-corrected chi connectivity index (χ4v) is 5.99. The molecule has 1 atom stereocenters. The zero-order valence-corrected chi connectivity index (χ0v) is 26.1. The maximum absolute atomic E-state index is 13.7. The molecule has 8 nitrogen and oxygen atoms in total. The number of carbonyl (C=O) groups excluding carboxylic acids is 1. The summed E-state index contributed by atoms with van der Waals surface area (Å²) in [7, 11) is 1.82. The summed E-state index contributed by atoms with van der Waals surface area (Å²) in [6, 6.07) is 17.8. The molecule has 1 amide bonds. The summed E-state index contributed by atoms with van der Waals surface area (Å²) in [5.41, 5.74) is 3.38. The van der Waals surface area contributed by atoms with Crippen LogP contribution in [-0.2, 0) is 41.5 Å². The van der Waals surface area contributed by atoms with Gasteiger partial charge >= 0.3 is 12.1 Å². The number of allylic oxidation sites excluding steroid dienone is 1. The molecular formula is C34H31F4N5O3S. The highest BCUT2D eigenvalue weighted by Gasteiger charge is 2.30. The van der Waals surface area contributed by atoms with Crippen molar-refractivity contribution in [1.29, 1.82) is 0 Å². The number of aliphatic carboxylic acids is 1. The van der Waals surface area contributed by atoms with Gasteiger partial charge in [-0.05, 0) is 57.7 Å². The predicted octanol–water partition coefficient (Wildman–Crippen LogP) is 6.39. The van der Waals surface area contributed by atoms with E-state index in [0.29, 0.717) is 28.9 Å². The van der Waals surface area contributed by atoms with E-state index in [0.717, 1.165) is 28.8 Å². The first-order valence-corrected chi connectivity index (χ1v) is 15.6. The second kappa shape index (κ2) is 14.7. The molecule has 0 saturated heterocycles. The molecule has 1 aromatic heterocycles. The summed E-state index contributed by atoms with van der Waals surface area (Å²) in [6.07, 6.45) is 3.33. The number of hydrogen-bond donors (Lipinski definition) is 1. The normalized spacial score (nSPS) is 14.6. The fraction of sp³-hybridized carbons (Fsp3) is 0.235. The largest absolute Gasteiger partial charge is 0.480 e. The van der Waals surface area contributed by atoms with Crippen LogP contribution < -0.4 is 0 Å². The molecule has 2 heterocycles. The first-order valence-electron chi connectivity index (χ1n) is 14.5. The number of nitrogens with zero attached hydrogens (tertiary/aromatic N) is 5. The summed E-state index contributed by atoms with van der Waals surface area (Å²) in [5.74, 6) is -1.44. The number of carbonyl (C=O) groups is 2. The number of carboxylic acids is 1. The standard InChI is InChI=1S/C34H31F4N5O3S/c1-41-17-26(16-40-41)14-25-15-39-33(47-22-24-4-12-30(35)13-5-24)43(19-25)20-31(44)42(21-32(45)46)18-23-2-6-27(7-3-23)28-8-10-29(11-9-28)34(36,37)38/h2-13,15-17,19,33H,14,18,20-22H2,1H3,(H,45,46). The SMILES string of the molecule is Cn1cc(CC2=CN(CC(=O)N(CC(=O)O)Cc3ccc(-c4ccc(C(F)(F)F)cc4)cc3)C(SCc3ccc(F)cc3)N=C2)cn1. The van der Waals surface area contributed by atoms with Crippen molar-refractivity contribution in [2.24, 2.45) is 12.0 Å². The van der Waals surface area contributed by atoms with Crippen LogP contribution in [0.5, 0.6) is 0 Å². The minimum atomic E-state index is -4.43. The molecule has 0 saturated carbocycles. The second-order valence-electron chi connectivity index (χ2n) is 11.0. The Hall–Kier alpha value is -4.91. The van der Waals surface area contributed by atoms with Gasteiger partial charge in [-0.25, -0.2) is 4.39 Å². The van der Waals surface area contributed by atoms with E-state index in [1.165, 1.54) is 40.9 Å². The molecule has 4 aromatic rings. The van der Waals surface area contributed by atoms with E-state index in [1.54, 1.807) is 58.4 Å². The van der Waals surface area contributed by atoms with E-state index in [9.17, 15) is 32.3 Å². The van der Waals surface area contributed by atoms with Gasteiger partial charge in [0, 0.05) is 44.4 Å². The van der Waals surface area contributed by atoms with E-state index >= 15 is 0 Å². The molecule has 244 valence electrons. The smallest absolute Gasteiger partial charge is 0.416 e. The van der Waals surface area contributed by atoms with Crippen LogP contribution in [0, 0.1) is 5.82 Å². The number of carboxylic acid groups (broad SMARTS) is 1. The molecule has 1 aliphatic heterocycles. The van der Waals surface area contributed by atoms with Crippen LogP contribution in [0.2, 0.25) is 0 Å². The number of benzene rings is 3.